The van der Waals surface area contributed by atoms with E-state index in [2.05, 4.69) is 46.1 Å². The van der Waals surface area contributed by atoms with Crippen molar-refractivity contribution in [1.82, 2.24) is 9.88 Å². The van der Waals surface area contributed by atoms with Crippen molar-refractivity contribution >= 4 is 28.2 Å². The zero-order chi connectivity index (χ0) is 22.6. The molecule has 0 bridgehead atoms. The number of piperazine rings is 1. The minimum Gasteiger partial charge on any atom is -0.381 e. The molecule has 4 aliphatic rings. The largest absolute Gasteiger partial charge is 0.381 e. The number of amides is 1. The van der Waals surface area contributed by atoms with Gasteiger partial charge in [-0.1, -0.05) is 0 Å². The number of carbonyl (C=O) groups excluding carboxylic acids is 1. The SMILES string of the molecule is Cc1cc2cnc(NC(=O)[C@@H]3C4CCOCC43)cc2cc1N1CCN([C@@]2(C)CCOC2)CC1. The lowest BCUT2D eigenvalue weighted by Crippen LogP contribution is -2.56. The molecule has 2 unspecified atom stereocenters. The molecule has 4 fully saturated rings. The van der Waals surface area contributed by atoms with E-state index in [4.69, 9.17) is 9.47 Å². The number of aromatic nitrogens is 1. The second kappa shape index (κ2) is 8.22. The number of hydrogen-bond acceptors (Lipinski definition) is 6. The van der Waals surface area contributed by atoms with Crippen LogP contribution in [0.3, 0.4) is 0 Å². The van der Waals surface area contributed by atoms with E-state index in [0.717, 1.165) is 76.2 Å². The van der Waals surface area contributed by atoms with Crippen LogP contribution in [0.15, 0.2) is 24.4 Å². The van der Waals surface area contributed by atoms with E-state index in [1.165, 1.54) is 11.3 Å². The first-order valence-corrected chi connectivity index (χ1v) is 12.4. The van der Waals surface area contributed by atoms with Gasteiger partial charge in [0.25, 0.3) is 0 Å². The van der Waals surface area contributed by atoms with Gasteiger partial charge in [0.15, 0.2) is 0 Å². The maximum atomic E-state index is 12.8. The summed E-state index contributed by atoms with van der Waals surface area (Å²) in [4.78, 5) is 22.4. The molecule has 7 heteroatoms. The zero-order valence-electron chi connectivity index (χ0n) is 19.7. The van der Waals surface area contributed by atoms with Crippen molar-refractivity contribution in [3.8, 4) is 0 Å². The summed E-state index contributed by atoms with van der Waals surface area (Å²) in [6.07, 6.45) is 4.00. The lowest BCUT2D eigenvalue weighted by Gasteiger charge is -2.44. The normalized spacial score (nSPS) is 32.1. The number of aryl methyl sites for hydroxylation is 1. The van der Waals surface area contributed by atoms with Crippen LogP contribution >= 0.6 is 0 Å². The number of pyridine rings is 1. The minimum atomic E-state index is 0.0852. The number of rotatable bonds is 4. The molecule has 2 aromatic rings. The van der Waals surface area contributed by atoms with Crippen LogP contribution in [0.5, 0.6) is 0 Å². The van der Waals surface area contributed by atoms with Crippen molar-refractivity contribution in [3.05, 3.63) is 30.0 Å². The number of nitrogens with one attached hydrogen (secondary N) is 1. The number of hydrogen-bond donors (Lipinski definition) is 1. The molecule has 1 amide bonds. The van der Waals surface area contributed by atoms with Gasteiger partial charge in [-0.3, -0.25) is 9.69 Å². The number of fused-ring (bicyclic) bond motifs is 2. The van der Waals surface area contributed by atoms with Crippen molar-refractivity contribution in [3.63, 3.8) is 0 Å². The summed E-state index contributed by atoms with van der Waals surface area (Å²) in [6.45, 7) is 11.9. The fraction of sp³-hybridized carbons (Fsp3) is 0.615. The Hall–Kier alpha value is -2.22. The molecule has 0 spiro atoms. The van der Waals surface area contributed by atoms with E-state index in [9.17, 15) is 4.79 Å². The Balaban J connectivity index is 1.17. The lowest BCUT2D eigenvalue weighted by molar-refractivity contribution is -0.117. The Morgan fingerprint density at radius 2 is 1.94 bits per heavy atom. The molecule has 3 saturated heterocycles. The zero-order valence-corrected chi connectivity index (χ0v) is 19.7. The first-order chi connectivity index (χ1) is 16.0. The highest BCUT2D eigenvalue weighted by atomic mass is 16.5. The Morgan fingerprint density at radius 1 is 1.09 bits per heavy atom. The maximum Gasteiger partial charge on any atom is 0.229 e. The van der Waals surface area contributed by atoms with Crippen LogP contribution in [-0.4, -0.2) is 73.9 Å². The molecule has 1 saturated carbocycles. The summed E-state index contributed by atoms with van der Waals surface area (Å²) in [5, 5.41) is 5.30. The Bertz CT molecular complexity index is 1050. The summed E-state index contributed by atoms with van der Waals surface area (Å²) in [6, 6.07) is 6.50. The Morgan fingerprint density at radius 3 is 2.67 bits per heavy atom. The van der Waals surface area contributed by atoms with Gasteiger partial charge in [0.2, 0.25) is 5.91 Å². The summed E-state index contributed by atoms with van der Waals surface area (Å²) in [7, 11) is 0. The van der Waals surface area contributed by atoms with E-state index in [0.29, 0.717) is 17.7 Å². The van der Waals surface area contributed by atoms with Crippen LogP contribution in [0, 0.1) is 24.7 Å². The van der Waals surface area contributed by atoms with Gasteiger partial charge in [-0.25, -0.2) is 4.98 Å². The molecule has 4 atom stereocenters. The number of ether oxygens (including phenoxy) is 2. The predicted octanol–water partition coefficient (Wildman–Crippen LogP) is 3.07. The van der Waals surface area contributed by atoms with Crippen LogP contribution in [0.4, 0.5) is 11.5 Å². The number of benzene rings is 1. The van der Waals surface area contributed by atoms with Gasteiger partial charge in [-0.2, -0.15) is 0 Å². The molecular weight excluding hydrogens is 416 g/mol. The fourth-order valence-electron chi connectivity index (χ4n) is 6.20. The molecule has 4 heterocycles. The van der Waals surface area contributed by atoms with Gasteiger partial charge in [0, 0.05) is 68.1 Å². The second-order valence-corrected chi connectivity index (χ2v) is 10.5. The molecule has 1 N–H and O–H groups in total. The van der Waals surface area contributed by atoms with Gasteiger partial charge < -0.3 is 19.7 Å². The van der Waals surface area contributed by atoms with Crippen molar-refractivity contribution in [2.75, 3.05) is 62.8 Å². The molecular formula is C26H34N4O3. The first-order valence-electron chi connectivity index (χ1n) is 12.4. The van der Waals surface area contributed by atoms with Gasteiger partial charge in [-0.15, -0.1) is 0 Å². The lowest BCUT2D eigenvalue weighted by atomic mass is 9.97. The molecule has 7 nitrogen and oxygen atoms in total. The van der Waals surface area contributed by atoms with E-state index >= 15 is 0 Å². The quantitative estimate of drug-likeness (QED) is 0.772. The van der Waals surface area contributed by atoms with Crippen molar-refractivity contribution < 1.29 is 14.3 Å². The minimum absolute atomic E-state index is 0.0852. The molecule has 1 aromatic carbocycles. The van der Waals surface area contributed by atoms with Crippen LogP contribution in [-0.2, 0) is 14.3 Å². The fourth-order valence-corrected chi connectivity index (χ4v) is 6.20. The average molecular weight is 451 g/mol. The van der Waals surface area contributed by atoms with Gasteiger partial charge in [0.1, 0.15) is 5.82 Å². The van der Waals surface area contributed by atoms with E-state index in [1.54, 1.807) is 0 Å². The van der Waals surface area contributed by atoms with E-state index < -0.39 is 0 Å². The smallest absolute Gasteiger partial charge is 0.229 e. The molecule has 33 heavy (non-hydrogen) atoms. The molecule has 1 aliphatic carbocycles. The van der Waals surface area contributed by atoms with Crippen LogP contribution in [0.2, 0.25) is 0 Å². The Labute approximate surface area is 195 Å². The summed E-state index contributed by atoms with van der Waals surface area (Å²) in [5.74, 6) is 1.71. The van der Waals surface area contributed by atoms with Crippen LogP contribution in [0.25, 0.3) is 10.8 Å². The summed E-state index contributed by atoms with van der Waals surface area (Å²) in [5.41, 5.74) is 2.74. The van der Waals surface area contributed by atoms with E-state index in [-0.39, 0.29) is 17.4 Å². The van der Waals surface area contributed by atoms with E-state index in [1.807, 2.05) is 12.3 Å². The Kier molecular flexibility index (Phi) is 5.31. The third-order valence-corrected chi connectivity index (χ3v) is 8.41. The predicted molar refractivity (Wildman–Crippen MR) is 129 cm³/mol. The third-order valence-electron chi connectivity index (χ3n) is 8.41. The summed E-state index contributed by atoms with van der Waals surface area (Å²) < 4.78 is 11.2. The molecule has 3 aliphatic heterocycles. The molecule has 0 radical (unpaired) electrons. The number of carbonyl (C=O) groups is 1. The monoisotopic (exact) mass is 450 g/mol. The topological polar surface area (TPSA) is 66.9 Å². The third kappa shape index (κ3) is 3.90. The van der Waals surface area contributed by atoms with Gasteiger partial charge in [0.05, 0.1) is 13.2 Å². The van der Waals surface area contributed by atoms with Crippen molar-refractivity contribution in [1.29, 1.82) is 0 Å². The molecule has 6 rings (SSSR count). The van der Waals surface area contributed by atoms with Gasteiger partial charge in [-0.05, 0) is 67.7 Å². The highest BCUT2D eigenvalue weighted by Gasteiger charge is 2.55. The van der Waals surface area contributed by atoms with Crippen molar-refractivity contribution in [2.24, 2.45) is 17.8 Å². The number of anilines is 2. The summed E-state index contributed by atoms with van der Waals surface area (Å²) >= 11 is 0. The first kappa shape index (κ1) is 21.3. The average Bonchev–Trinajstić information content (AvgIpc) is 3.40. The van der Waals surface area contributed by atoms with Crippen molar-refractivity contribution in [2.45, 2.75) is 32.2 Å². The molecule has 1 aromatic heterocycles. The van der Waals surface area contributed by atoms with Gasteiger partial charge >= 0.3 is 0 Å². The highest BCUT2D eigenvalue weighted by molar-refractivity contribution is 5.96. The highest BCUT2D eigenvalue weighted by Crippen LogP contribution is 2.51. The second-order valence-electron chi connectivity index (χ2n) is 10.5. The van der Waals surface area contributed by atoms with Crippen LogP contribution < -0.4 is 10.2 Å². The number of nitrogens with zero attached hydrogens (tertiary/aromatic N) is 3. The van der Waals surface area contributed by atoms with Crippen LogP contribution in [0.1, 0.15) is 25.3 Å². The molecule has 176 valence electrons. The maximum absolute atomic E-state index is 12.8. The standard InChI is InChI=1S/C26H34N4O3/c1-17-11-19-14-27-23(28-25(31)24-20-3-9-32-15-21(20)24)13-18(19)12-22(17)29-5-7-30(8-6-29)26(2)4-10-33-16-26/h11-14,20-21,24H,3-10,15-16H2,1-2H3,(H,27,28,31)/t20?,21?,24-,26+/m1/s1.